The molecule has 36 heavy (non-hydrogen) atoms. The molecule has 2 aromatic carbocycles. The molecule has 2 amide bonds. The maximum Gasteiger partial charge on any atom is 0.252 e. The Balaban J connectivity index is 1.67. The van der Waals surface area contributed by atoms with Crippen LogP contribution in [0.5, 0.6) is 0 Å². The average Bonchev–Trinajstić information content (AvgIpc) is 2.99. The quantitative estimate of drug-likeness (QED) is 0.394. The molecule has 0 saturated heterocycles. The minimum atomic E-state index is -0.646. The van der Waals surface area contributed by atoms with E-state index >= 15 is 0 Å². The fourth-order valence-electron chi connectivity index (χ4n) is 4.79. The molecular weight excluding hydrogens is 493 g/mol. The van der Waals surface area contributed by atoms with Crippen molar-refractivity contribution in [1.29, 1.82) is 0 Å². The minimum absolute atomic E-state index is 0.0245. The fourth-order valence-corrected chi connectivity index (χ4v) is 5.19. The number of nitrogens with zero attached hydrogens (tertiary/aromatic N) is 2. The average molecular weight is 527 g/mol. The number of rotatable bonds is 8. The second kappa shape index (κ2) is 12.1. The molecule has 0 fully saturated rings. The van der Waals surface area contributed by atoms with Gasteiger partial charge >= 0.3 is 0 Å². The van der Waals surface area contributed by atoms with Gasteiger partial charge in [-0.05, 0) is 62.3 Å². The first-order chi connectivity index (χ1) is 17.4. The minimum Gasteiger partial charge on any atom is -0.354 e. The smallest absolute Gasteiger partial charge is 0.252 e. The van der Waals surface area contributed by atoms with Crippen molar-refractivity contribution in [3.63, 3.8) is 0 Å². The summed E-state index contributed by atoms with van der Waals surface area (Å²) in [5.41, 5.74) is 4.05. The topological polar surface area (TPSA) is 61.8 Å². The lowest BCUT2D eigenvalue weighted by atomic mass is 9.97. The number of hydrogen-bond acceptors (Lipinski definition) is 3. The number of benzene rings is 2. The van der Waals surface area contributed by atoms with Crippen LogP contribution in [-0.4, -0.2) is 36.7 Å². The number of amides is 2. The van der Waals surface area contributed by atoms with Crippen LogP contribution in [-0.2, 0) is 9.59 Å². The third kappa shape index (κ3) is 6.01. The molecule has 4 rings (SSSR count). The van der Waals surface area contributed by atoms with Gasteiger partial charge in [-0.2, -0.15) is 0 Å². The van der Waals surface area contributed by atoms with Crippen LogP contribution in [0.4, 0.5) is 5.69 Å². The van der Waals surface area contributed by atoms with Gasteiger partial charge in [0.1, 0.15) is 12.6 Å². The second-order valence-electron chi connectivity index (χ2n) is 9.58. The van der Waals surface area contributed by atoms with E-state index in [2.05, 4.69) is 11.4 Å². The van der Waals surface area contributed by atoms with Crippen molar-refractivity contribution in [2.45, 2.75) is 58.4 Å². The first-order valence-electron chi connectivity index (χ1n) is 12.8. The highest BCUT2D eigenvalue weighted by Gasteiger charge is 2.36. The molecule has 0 saturated carbocycles. The number of hydrogen-bond donors (Lipinski definition) is 1. The predicted molar refractivity (Wildman–Crippen MR) is 148 cm³/mol. The molecule has 190 valence electrons. The van der Waals surface area contributed by atoms with Crippen LogP contribution in [0, 0.1) is 5.92 Å². The molecule has 2 aliphatic rings. The van der Waals surface area contributed by atoms with Crippen LogP contribution in [0.1, 0.15) is 63.5 Å². The molecule has 0 spiro atoms. The van der Waals surface area contributed by atoms with Crippen LogP contribution in [0.25, 0.3) is 0 Å². The summed E-state index contributed by atoms with van der Waals surface area (Å²) < 4.78 is 0. The zero-order valence-electron chi connectivity index (χ0n) is 20.9. The third-order valence-corrected chi connectivity index (χ3v) is 7.62. The van der Waals surface area contributed by atoms with Gasteiger partial charge in [-0.1, -0.05) is 73.3 Å². The summed E-state index contributed by atoms with van der Waals surface area (Å²) in [7, 11) is 0. The second-order valence-corrected chi connectivity index (χ2v) is 10.4. The zero-order valence-corrected chi connectivity index (χ0v) is 22.4. The van der Waals surface area contributed by atoms with Crippen LogP contribution in [0.3, 0.4) is 0 Å². The number of carbonyl (C=O) groups is 2. The molecule has 0 bridgehead atoms. The van der Waals surface area contributed by atoms with Crippen LogP contribution < -0.4 is 10.2 Å². The van der Waals surface area contributed by atoms with Crippen LogP contribution >= 0.6 is 23.2 Å². The highest BCUT2D eigenvalue weighted by atomic mass is 35.5. The van der Waals surface area contributed by atoms with E-state index in [0.717, 1.165) is 31.2 Å². The largest absolute Gasteiger partial charge is 0.354 e. The van der Waals surface area contributed by atoms with E-state index < -0.39 is 6.04 Å². The van der Waals surface area contributed by atoms with Crippen LogP contribution in [0.15, 0.2) is 59.1 Å². The van der Waals surface area contributed by atoms with E-state index in [1.807, 2.05) is 38.1 Å². The Morgan fingerprint density at radius 1 is 1.17 bits per heavy atom. The monoisotopic (exact) mass is 525 g/mol. The van der Waals surface area contributed by atoms with E-state index in [-0.39, 0.29) is 24.3 Å². The lowest BCUT2D eigenvalue weighted by molar-refractivity contribution is -0.124. The highest BCUT2D eigenvalue weighted by molar-refractivity contribution is 6.37. The molecule has 1 heterocycles. The van der Waals surface area contributed by atoms with Crippen LogP contribution in [0.2, 0.25) is 10.0 Å². The van der Waals surface area contributed by atoms with Crippen molar-refractivity contribution in [1.82, 2.24) is 5.32 Å². The number of anilines is 1. The summed E-state index contributed by atoms with van der Waals surface area (Å²) in [6.07, 6.45) is 8.59. The third-order valence-electron chi connectivity index (χ3n) is 7.06. The predicted octanol–water partition coefficient (Wildman–Crippen LogP) is 6.60. The molecule has 5 nitrogen and oxygen atoms in total. The Labute approximate surface area is 223 Å². The summed E-state index contributed by atoms with van der Waals surface area (Å²) >= 11 is 13.0. The molecule has 1 N–H and O–H groups in total. The Morgan fingerprint density at radius 3 is 2.69 bits per heavy atom. The molecule has 0 unspecified atom stereocenters. The Kier molecular flexibility index (Phi) is 8.86. The summed E-state index contributed by atoms with van der Waals surface area (Å²) in [5, 5.41) is 4.08. The molecular formula is C29H33Cl2N3O2. The fraction of sp³-hybridized carbons (Fsp3) is 0.414. The molecule has 1 aliphatic carbocycles. The highest BCUT2D eigenvalue weighted by Crippen LogP contribution is 2.34. The molecule has 2 atom stereocenters. The first-order valence-corrected chi connectivity index (χ1v) is 13.5. The van der Waals surface area contributed by atoms with Gasteiger partial charge in [0.2, 0.25) is 5.91 Å². The standard InChI is InChI=1S/C29H33Cl2N3O2/c1-3-19(2)27-29(36)34(18-26(35)32-16-15-20-9-5-4-6-10-20)25-14-13-21(30)17-23(25)28(33-27)22-11-7-8-12-24(22)31/h7-9,11-14,17,19,27H,3-6,10,15-16,18H2,1-2H3,(H,32,35)/t19-,27-/m0/s1. The van der Waals surface area contributed by atoms with Gasteiger partial charge in [0.15, 0.2) is 0 Å². The normalized spacial score (nSPS) is 18.6. The lowest BCUT2D eigenvalue weighted by Crippen LogP contribution is -2.46. The molecule has 7 heteroatoms. The Hall–Kier alpha value is -2.63. The maximum atomic E-state index is 13.9. The summed E-state index contributed by atoms with van der Waals surface area (Å²) in [4.78, 5) is 33.4. The number of benzodiazepines with no additional fused rings is 1. The van der Waals surface area contributed by atoms with Crippen molar-refractivity contribution >= 4 is 46.4 Å². The van der Waals surface area contributed by atoms with E-state index in [1.54, 1.807) is 23.1 Å². The van der Waals surface area contributed by atoms with E-state index in [0.29, 0.717) is 33.6 Å². The van der Waals surface area contributed by atoms with E-state index in [1.165, 1.54) is 18.4 Å². The number of allylic oxidation sites excluding steroid dienone is 1. The van der Waals surface area contributed by atoms with E-state index in [9.17, 15) is 9.59 Å². The number of carbonyl (C=O) groups excluding carboxylic acids is 2. The Morgan fingerprint density at radius 2 is 1.97 bits per heavy atom. The number of aliphatic imine (C=N–C) groups is 1. The van der Waals surface area contributed by atoms with Gasteiger partial charge in [0.05, 0.1) is 11.4 Å². The molecule has 1 aliphatic heterocycles. The van der Waals surface area contributed by atoms with Crippen molar-refractivity contribution in [2.24, 2.45) is 10.9 Å². The summed E-state index contributed by atoms with van der Waals surface area (Å²) in [6, 6.07) is 12.1. The molecule has 0 aromatic heterocycles. The van der Waals surface area contributed by atoms with Crippen molar-refractivity contribution < 1.29 is 9.59 Å². The SMILES string of the molecule is CC[C@H](C)[C@@H]1N=C(c2ccccc2Cl)c2cc(Cl)ccc2N(CC(=O)NCCC2=CCCCC2)C1=O. The van der Waals surface area contributed by atoms with Crippen molar-refractivity contribution in [2.75, 3.05) is 18.0 Å². The first kappa shape index (κ1) is 26.4. The van der Waals surface area contributed by atoms with Gasteiger partial charge in [0, 0.05) is 27.7 Å². The number of nitrogens with one attached hydrogen (secondary N) is 1. The maximum absolute atomic E-state index is 13.9. The van der Waals surface area contributed by atoms with Gasteiger partial charge in [0.25, 0.3) is 5.91 Å². The molecule has 0 radical (unpaired) electrons. The van der Waals surface area contributed by atoms with Gasteiger partial charge in [-0.3, -0.25) is 14.6 Å². The number of halogens is 2. The zero-order chi connectivity index (χ0) is 25.7. The summed E-state index contributed by atoms with van der Waals surface area (Å²) in [6.45, 7) is 4.53. The van der Waals surface area contributed by atoms with Crippen molar-refractivity contribution in [3.8, 4) is 0 Å². The van der Waals surface area contributed by atoms with Crippen molar-refractivity contribution in [3.05, 3.63) is 75.3 Å². The lowest BCUT2D eigenvalue weighted by Gasteiger charge is -2.27. The Bertz CT molecular complexity index is 1190. The summed E-state index contributed by atoms with van der Waals surface area (Å²) in [5.74, 6) is -0.409. The number of fused-ring (bicyclic) bond motifs is 1. The van der Waals surface area contributed by atoms with E-state index in [4.69, 9.17) is 28.2 Å². The van der Waals surface area contributed by atoms with Gasteiger partial charge in [-0.15, -0.1) is 0 Å². The molecule has 2 aromatic rings. The van der Waals surface area contributed by atoms with Gasteiger partial charge < -0.3 is 10.2 Å². The van der Waals surface area contributed by atoms with Gasteiger partial charge in [-0.25, -0.2) is 0 Å².